The van der Waals surface area contributed by atoms with Gasteiger partial charge in [-0.2, -0.15) is 18.3 Å². The van der Waals surface area contributed by atoms with Crippen LogP contribution in [0.4, 0.5) is 28.0 Å². The van der Waals surface area contributed by atoms with E-state index in [1.54, 1.807) is 35.0 Å². The van der Waals surface area contributed by atoms with E-state index in [9.17, 15) is 22.4 Å². The molecule has 0 atom stereocenters. The van der Waals surface area contributed by atoms with Crippen molar-refractivity contribution < 1.29 is 27.1 Å². The maximum Gasteiger partial charge on any atom is 0.419 e. The Balaban J connectivity index is 1.28. The van der Waals surface area contributed by atoms with Crippen LogP contribution >= 0.6 is 0 Å². The van der Waals surface area contributed by atoms with Crippen LogP contribution in [-0.2, 0) is 26.1 Å². The number of hydrogen-bond acceptors (Lipinski definition) is 5. The first-order valence-corrected chi connectivity index (χ1v) is 11.4. The van der Waals surface area contributed by atoms with Gasteiger partial charge in [0.1, 0.15) is 17.9 Å². The first-order chi connectivity index (χ1) is 18.2. The van der Waals surface area contributed by atoms with Gasteiger partial charge >= 0.3 is 12.2 Å². The lowest BCUT2D eigenvalue weighted by Crippen LogP contribution is -2.19. The molecule has 1 amide bonds. The quantitative estimate of drug-likeness (QED) is 0.276. The molecular formula is C26H20F4N6O2. The number of amides is 1. The summed E-state index contributed by atoms with van der Waals surface area (Å²) >= 11 is 0. The first-order valence-electron chi connectivity index (χ1n) is 11.4. The molecule has 0 fully saturated rings. The van der Waals surface area contributed by atoms with Crippen LogP contribution in [0, 0.1) is 5.82 Å². The van der Waals surface area contributed by atoms with E-state index >= 15 is 0 Å². The van der Waals surface area contributed by atoms with Gasteiger partial charge in [0, 0.05) is 42.3 Å². The lowest BCUT2D eigenvalue weighted by molar-refractivity contribution is -0.139. The minimum Gasteiger partial charge on any atom is -0.439 e. The highest BCUT2D eigenvalue weighted by Crippen LogP contribution is 2.33. The third kappa shape index (κ3) is 5.48. The van der Waals surface area contributed by atoms with Crippen molar-refractivity contribution in [3.05, 3.63) is 96.1 Å². The molecule has 38 heavy (non-hydrogen) atoms. The van der Waals surface area contributed by atoms with Gasteiger partial charge in [0.05, 0.1) is 16.8 Å². The average Bonchev–Trinajstić information content (AvgIpc) is 3.49. The molecule has 0 aliphatic heterocycles. The first kappa shape index (κ1) is 24.9. The van der Waals surface area contributed by atoms with E-state index in [0.717, 1.165) is 17.5 Å². The Morgan fingerprint density at radius 2 is 1.79 bits per heavy atom. The molecule has 0 aliphatic rings. The number of nitrogens with zero attached hydrogens (tertiary/aromatic N) is 5. The standard InChI is InChI=1S/C26H20F4N6O2/c1-35-10-9-17(34-35)2-3-18-14-24(32-15-31-18)38-20-5-7-23-16(12-20)8-11-36(23)25(37)33-19-4-6-22(27)21(13-19)26(28,29)30/h4-15H,2-3H2,1H3,(H,33,37). The molecule has 0 bridgehead atoms. The van der Waals surface area contributed by atoms with Crippen molar-refractivity contribution >= 4 is 22.6 Å². The van der Waals surface area contributed by atoms with E-state index < -0.39 is 23.6 Å². The summed E-state index contributed by atoms with van der Waals surface area (Å²) in [5, 5.41) is 7.37. The van der Waals surface area contributed by atoms with Gasteiger partial charge in [-0.25, -0.2) is 19.2 Å². The van der Waals surface area contributed by atoms with E-state index in [2.05, 4.69) is 20.4 Å². The van der Waals surface area contributed by atoms with Crippen molar-refractivity contribution in [2.75, 3.05) is 5.32 Å². The van der Waals surface area contributed by atoms with Gasteiger partial charge in [-0.1, -0.05) is 0 Å². The molecule has 2 aromatic carbocycles. The van der Waals surface area contributed by atoms with E-state index in [0.29, 0.717) is 47.5 Å². The van der Waals surface area contributed by atoms with E-state index in [1.807, 2.05) is 19.3 Å². The number of anilines is 1. The zero-order valence-electron chi connectivity index (χ0n) is 19.9. The predicted molar refractivity (Wildman–Crippen MR) is 130 cm³/mol. The number of carbonyl (C=O) groups is 1. The van der Waals surface area contributed by atoms with Crippen LogP contribution in [-0.4, -0.2) is 30.3 Å². The Morgan fingerprint density at radius 1 is 0.974 bits per heavy atom. The normalized spacial score (nSPS) is 11.6. The fraction of sp³-hybridized carbons (Fsp3) is 0.154. The topological polar surface area (TPSA) is 86.9 Å². The average molecular weight is 524 g/mol. The summed E-state index contributed by atoms with van der Waals surface area (Å²) in [4.78, 5) is 21.2. The largest absolute Gasteiger partial charge is 0.439 e. The summed E-state index contributed by atoms with van der Waals surface area (Å²) in [6, 6.07) is 11.9. The van der Waals surface area contributed by atoms with E-state index in [4.69, 9.17) is 4.74 Å². The van der Waals surface area contributed by atoms with Crippen molar-refractivity contribution in [1.29, 1.82) is 0 Å². The highest BCUT2D eigenvalue weighted by atomic mass is 19.4. The third-order valence-corrected chi connectivity index (χ3v) is 5.73. The summed E-state index contributed by atoms with van der Waals surface area (Å²) in [7, 11) is 1.86. The lowest BCUT2D eigenvalue weighted by Gasteiger charge is -2.12. The molecule has 3 aromatic heterocycles. The highest BCUT2D eigenvalue weighted by Gasteiger charge is 2.34. The number of fused-ring (bicyclic) bond motifs is 1. The Bertz CT molecular complexity index is 1630. The van der Waals surface area contributed by atoms with Crippen LogP contribution in [0.2, 0.25) is 0 Å². The molecule has 5 rings (SSSR count). The molecule has 0 aliphatic carbocycles. The number of nitrogens with one attached hydrogen (secondary N) is 1. The number of aryl methyl sites for hydroxylation is 3. The molecule has 8 nitrogen and oxygen atoms in total. The summed E-state index contributed by atoms with van der Waals surface area (Å²) in [5.74, 6) is -0.596. The van der Waals surface area contributed by atoms with Crippen LogP contribution in [0.25, 0.3) is 10.9 Å². The monoisotopic (exact) mass is 524 g/mol. The second-order valence-corrected chi connectivity index (χ2v) is 8.46. The molecule has 12 heteroatoms. The number of ether oxygens (including phenoxy) is 1. The number of hydrogen-bond donors (Lipinski definition) is 1. The summed E-state index contributed by atoms with van der Waals surface area (Å²) in [5.41, 5.74) is 0.589. The number of rotatable bonds is 6. The lowest BCUT2D eigenvalue weighted by atomic mass is 10.2. The maximum atomic E-state index is 13.5. The number of carbonyl (C=O) groups excluding carboxylic acids is 1. The predicted octanol–water partition coefficient (Wildman–Crippen LogP) is 5.98. The second kappa shape index (κ2) is 9.96. The van der Waals surface area contributed by atoms with Gasteiger partial charge in [-0.3, -0.25) is 9.25 Å². The molecule has 3 heterocycles. The highest BCUT2D eigenvalue weighted by molar-refractivity contribution is 5.98. The zero-order chi connectivity index (χ0) is 26.9. The van der Waals surface area contributed by atoms with Gasteiger partial charge in [-0.15, -0.1) is 0 Å². The molecule has 1 N–H and O–H groups in total. The minimum absolute atomic E-state index is 0.187. The SMILES string of the molecule is Cn1ccc(CCc2cc(Oc3ccc4c(ccn4C(=O)Nc4ccc(F)c(C(F)(F)F)c4)c3)ncn2)n1. The number of benzene rings is 2. The van der Waals surface area contributed by atoms with E-state index in [1.165, 1.54) is 17.1 Å². The molecule has 0 saturated heterocycles. The molecule has 0 saturated carbocycles. The number of aromatic nitrogens is 5. The third-order valence-electron chi connectivity index (χ3n) is 5.73. The minimum atomic E-state index is -4.88. The fourth-order valence-corrected chi connectivity index (χ4v) is 3.91. The van der Waals surface area contributed by atoms with Crippen molar-refractivity contribution in [3.63, 3.8) is 0 Å². The Hall–Kier alpha value is -4.74. The van der Waals surface area contributed by atoms with Crippen molar-refractivity contribution in [1.82, 2.24) is 24.3 Å². The van der Waals surface area contributed by atoms with Crippen LogP contribution in [0.15, 0.2) is 73.3 Å². The number of halogens is 4. The van der Waals surface area contributed by atoms with Crippen LogP contribution in [0.3, 0.4) is 0 Å². The Morgan fingerprint density at radius 3 is 2.55 bits per heavy atom. The van der Waals surface area contributed by atoms with Gasteiger partial charge in [0.2, 0.25) is 5.88 Å². The number of alkyl halides is 3. The summed E-state index contributed by atoms with van der Waals surface area (Å²) < 4.78 is 61.4. The second-order valence-electron chi connectivity index (χ2n) is 8.46. The van der Waals surface area contributed by atoms with Crippen molar-refractivity contribution in [2.45, 2.75) is 19.0 Å². The smallest absolute Gasteiger partial charge is 0.419 e. The molecule has 194 valence electrons. The molecule has 0 spiro atoms. The Labute approximate surface area is 213 Å². The summed E-state index contributed by atoms with van der Waals surface area (Å²) in [6.07, 6.45) is 1.26. The zero-order valence-corrected chi connectivity index (χ0v) is 19.9. The van der Waals surface area contributed by atoms with E-state index in [-0.39, 0.29) is 5.69 Å². The molecule has 0 unspecified atom stereocenters. The maximum absolute atomic E-state index is 13.5. The van der Waals surface area contributed by atoms with Crippen molar-refractivity contribution in [2.24, 2.45) is 7.05 Å². The summed E-state index contributed by atoms with van der Waals surface area (Å²) in [6.45, 7) is 0. The molecule has 0 radical (unpaired) electrons. The van der Waals surface area contributed by atoms with Gasteiger partial charge in [-0.05, 0) is 61.4 Å². The van der Waals surface area contributed by atoms with Gasteiger partial charge in [0.15, 0.2) is 0 Å². The molecule has 5 aromatic rings. The molecular weight excluding hydrogens is 504 g/mol. The van der Waals surface area contributed by atoms with Crippen LogP contribution in [0.1, 0.15) is 17.0 Å². The fourth-order valence-electron chi connectivity index (χ4n) is 3.91. The van der Waals surface area contributed by atoms with Crippen LogP contribution < -0.4 is 10.1 Å². The van der Waals surface area contributed by atoms with Crippen molar-refractivity contribution in [3.8, 4) is 11.6 Å². The van der Waals surface area contributed by atoms with Gasteiger partial charge in [0.25, 0.3) is 0 Å². The van der Waals surface area contributed by atoms with Gasteiger partial charge < -0.3 is 10.1 Å². The van der Waals surface area contributed by atoms with Crippen LogP contribution in [0.5, 0.6) is 11.6 Å². The Kier molecular flexibility index (Phi) is 6.53.